The fourth-order valence-corrected chi connectivity index (χ4v) is 4.20. The van der Waals surface area contributed by atoms with Crippen LogP contribution < -0.4 is 10.2 Å². The zero-order valence-corrected chi connectivity index (χ0v) is 16.8. The Bertz CT molecular complexity index is 783. The Balaban J connectivity index is 1.31. The lowest BCUT2D eigenvalue weighted by Gasteiger charge is -2.41. The number of hydrogen-bond acceptors (Lipinski definition) is 6. The van der Waals surface area contributed by atoms with Crippen LogP contribution in [0.25, 0.3) is 5.65 Å². The quantitative estimate of drug-likeness (QED) is 0.837. The van der Waals surface area contributed by atoms with Gasteiger partial charge in [-0.3, -0.25) is 0 Å². The molecule has 0 radical (unpaired) electrons. The fourth-order valence-electron chi connectivity index (χ4n) is 4.20. The molecule has 2 N–H and O–H groups in total. The zero-order chi connectivity index (χ0) is 19.1. The predicted octanol–water partition coefficient (Wildman–Crippen LogP) is 2.14. The lowest BCUT2D eigenvalue weighted by molar-refractivity contribution is 0.00411. The van der Waals surface area contributed by atoms with Gasteiger partial charge in [0.2, 0.25) is 0 Å². The van der Waals surface area contributed by atoms with E-state index < -0.39 is 5.60 Å². The van der Waals surface area contributed by atoms with E-state index in [0.717, 1.165) is 69.2 Å². The molecule has 2 fully saturated rings. The van der Waals surface area contributed by atoms with E-state index >= 15 is 0 Å². The van der Waals surface area contributed by atoms with E-state index in [2.05, 4.69) is 41.2 Å². The van der Waals surface area contributed by atoms with Crippen molar-refractivity contribution in [1.82, 2.24) is 25.1 Å². The molecular weight excluding hydrogens is 340 g/mol. The van der Waals surface area contributed by atoms with Crippen LogP contribution in [0.1, 0.15) is 58.7 Å². The molecule has 148 valence electrons. The van der Waals surface area contributed by atoms with Gasteiger partial charge in [-0.1, -0.05) is 40.0 Å². The number of anilines is 1. The Hall–Kier alpha value is -1.73. The van der Waals surface area contributed by atoms with Crippen molar-refractivity contribution in [2.45, 2.75) is 63.9 Å². The molecule has 7 nitrogen and oxygen atoms in total. The maximum absolute atomic E-state index is 10.6. The summed E-state index contributed by atoms with van der Waals surface area (Å²) in [6, 6.07) is 4.03. The summed E-state index contributed by atoms with van der Waals surface area (Å²) in [6.07, 6.45) is 5.46. The maximum atomic E-state index is 10.6. The van der Waals surface area contributed by atoms with Crippen LogP contribution in [0.4, 0.5) is 5.82 Å². The number of rotatable bonds is 5. The van der Waals surface area contributed by atoms with Gasteiger partial charge < -0.3 is 15.3 Å². The standard InChI is InChI=1S/C20H32N6O/c1-19(2,3)18-23-22-16-7-8-17(24-26(16)18)25-12-15(13-25)11-21-14-20(27)9-5-4-6-10-20/h7-8,15,21,27H,4-6,9-14H2,1-3H3. The van der Waals surface area contributed by atoms with Crippen LogP contribution in [-0.2, 0) is 5.41 Å². The van der Waals surface area contributed by atoms with E-state index in [-0.39, 0.29) is 5.41 Å². The molecule has 0 unspecified atom stereocenters. The summed E-state index contributed by atoms with van der Waals surface area (Å²) < 4.78 is 1.87. The Morgan fingerprint density at radius 3 is 2.59 bits per heavy atom. The topological polar surface area (TPSA) is 78.6 Å². The van der Waals surface area contributed by atoms with Crippen molar-refractivity contribution in [3.05, 3.63) is 18.0 Å². The monoisotopic (exact) mass is 372 g/mol. The minimum absolute atomic E-state index is 0.0915. The second-order valence-corrected chi connectivity index (χ2v) is 9.42. The largest absolute Gasteiger partial charge is 0.389 e. The van der Waals surface area contributed by atoms with E-state index in [1.807, 2.05) is 16.6 Å². The van der Waals surface area contributed by atoms with Gasteiger partial charge in [-0.15, -0.1) is 15.3 Å². The summed E-state index contributed by atoms with van der Waals surface area (Å²) in [5.74, 6) is 2.48. The van der Waals surface area contributed by atoms with Gasteiger partial charge in [0.25, 0.3) is 0 Å². The van der Waals surface area contributed by atoms with Gasteiger partial charge in [0, 0.05) is 37.5 Å². The molecule has 1 aliphatic carbocycles. The second-order valence-electron chi connectivity index (χ2n) is 9.42. The first-order chi connectivity index (χ1) is 12.8. The number of aromatic nitrogens is 4. The maximum Gasteiger partial charge on any atom is 0.178 e. The van der Waals surface area contributed by atoms with Crippen LogP contribution in [0.5, 0.6) is 0 Å². The molecule has 3 heterocycles. The Kier molecular flexibility index (Phi) is 4.84. The highest BCUT2D eigenvalue weighted by molar-refractivity contribution is 5.47. The molecule has 2 aliphatic rings. The van der Waals surface area contributed by atoms with Crippen molar-refractivity contribution in [3.8, 4) is 0 Å². The van der Waals surface area contributed by atoms with Crippen LogP contribution in [0, 0.1) is 5.92 Å². The highest BCUT2D eigenvalue weighted by atomic mass is 16.3. The SMILES string of the molecule is CC(C)(C)c1nnc2ccc(N3CC(CNCC4(O)CCCCC4)C3)nn12. The highest BCUT2D eigenvalue weighted by Gasteiger charge is 2.32. The van der Waals surface area contributed by atoms with Crippen LogP contribution >= 0.6 is 0 Å². The van der Waals surface area contributed by atoms with E-state index in [1.54, 1.807) is 0 Å². The minimum Gasteiger partial charge on any atom is -0.389 e. The van der Waals surface area contributed by atoms with Gasteiger partial charge in [-0.25, -0.2) is 0 Å². The lowest BCUT2D eigenvalue weighted by atomic mass is 9.85. The molecule has 4 rings (SSSR count). The Labute approximate surface area is 161 Å². The average Bonchev–Trinajstić information content (AvgIpc) is 3.01. The van der Waals surface area contributed by atoms with Crippen molar-refractivity contribution >= 4 is 11.5 Å². The first kappa shape index (κ1) is 18.6. The summed E-state index contributed by atoms with van der Waals surface area (Å²) >= 11 is 0. The van der Waals surface area contributed by atoms with Crippen molar-refractivity contribution in [3.63, 3.8) is 0 Å². The fraction of sp³-hybridized carbons (Fsp3) is 0.750. The number of nitrogens with zero attached hydrogens (tertiary/aromatic N) is 5. The van der Waals surface area contributed by atoms with Crippen LogP contribution in [0.15, 0.2) is 12.1 Å². The molecule has 2 aromatic heterocycles. The van der Waals surface area contributed by atoms with Crippen molar-refractivity contribution in [1.29, 1.82) is 0 Å². The molecule has 0 aromatic carbocycles. The first-order valence-corrected chi connectivity index (χ1v) is 10.3. The summed E-state index contributed by atoms with van der Waals surface area (Å²) in [6.45, 7) is 10.1. The predicted molar refractivity (Wildman–Crippen MR) is 106 cm³/mol. The number of hydrogen-bond donors (Lipinski definition) is 2. The van der Waals surface area contributed by atoms with Gasteiger partial charge in [0.1, 0.15) is 5.82 Å². The van der Waals surface area contributed by atoms with E-state index in [4.69, 9.17) is 5.10 Å². The summed E-state index contributed by atoms with van der Waals surface area (Å²) in [5, 5.41) is 27.4. The van der Waals surface area contributed by atoms with Gasteiger partial charge in [0.15, 0.2) is 11.5 Å². The van der Waals surface area contributed by atoms with Crippen molar-refractivity contribution in [2.75, 3.05) is 31.1 Å². The molecule has 7 heteroatoms. The second kappa shape index (κ2) is 7.02. The van der Waals surface area contributed by atoms with E-state index in [9.17, 15) is 5.11 Å². The number of fused-ring (bicyclic) bond motifs is 1. The van der Waals surface area contributed by atoms with Gasteiger partial charge in [-0.2, -0.15) is 4.52 Å². The Morgan fingerprint density at radius 2 is 1.89 bits per heavy atom. The normalized spacial score (nSPS) is 20.8. The summed E-state index contributed by atoms with van der Waals surface area (Å²) in [7, 11) is 0. The molecule has 1 saturated carbocycles. The van der Waals surface area contributed by atoms with Gasteiger partial charge >= 0.3 is 0 Å². The van der Waals surface area contributed by atoms with Crippen molar-refractivity contribution in [2.24, 2.45) is 5.92 Å². The molecule has 27 heavy (non-hydrogen) atoms. The zero-order valence-electron chi connectivity index (χ0n) is 16.8. The summed E-state index contributed by atoms with van der Waals surface area (Å²) in [5.41, 5.74) is 0.223. The van der Waals surface area contributed by atoms with Crippen LogP contribution in [-0.4, -0.2) is 56.7 Å². The molecule has 0 spiro atoms. The molecule has 1 saturated heterocycles. The third-order valence-electron chi connectivity index (χ3n) is 5.87. The molecule has 0 bridgehead atoms. The lowest BCUT2D eigenvalue weighted by Crippen LogP contribution is -2.53. The number of aliphatic hydroxyl groups is 1. The smallest absolute Gasteiger partial charge is 0.178 e. The molecule has 0 amide bonds. The molecule has 1 aliphatic heterocycles. The van der Waals surface area contributed by atoms with Gasteiger partial charge in [0.05, 0.1) is 5.60 Å². The van der Waals surface area contributed by atoms with E-state index in [0.29, 0.717) is 5.92 Å². The average molecular weight is 373 g/mol. The van der Waals surface area contributed by atoms with E-state index in [1.165, 1.54) is 6.42 Å². The highest BCUT2D eigenvalue weighted by Crippen LogP contribution is 2.28. The Morgan fingerprint density at radius 1 is 1.15 bits per heavy atom. The molecular formula is C20H32N6O. The molecule has 0 atom stereocenters. The van der Waals surface area contributed by atoms with Gasteiger partial charge in [-0.05, 0) is 25.0 Å². The first-order valence-electron chi connectivity index (χ1n) is 10.3. The van der Waals surface area contributed by atoms with Crippen LogP contribution in [0.3, 0.4) is 0 Å². The third-order valence-corrected chi connectivity index (χ3v) is 5.87. The third kappa shape index (κ3) is 3.94. The van der Waals surface area contributed by atoms with Crippen molar-refractivity contribution < 1.29 is 5.11 Å². The minimum atomic E-state index is -0.480. The molecule has 2 aromatic rings. The number of nitrogens with one attached hydrogen (secondary N) is 1. The van der Waals surface area contributed by atoms with Crippen LogP contribution in [0.2, 0.25) is 0 Å². The summed E-state index contributed by atoms with van der Waals surface area (Å²) in [4.78, 5) is 2.30.